The second kappa shape index (κ2) is 9.35. The third-order valence-corrected chi connectivity index (χ3v) is 5.70. The van der Waals surface area contributed by atoms with E-state index in [1.807, 2.05) is 49.4 Å². The van der Waals surface area contributed by atoms with Crippen LogP contribution in [0.4, 0.5) is 0 Å². The number of sulfonamides is 1. The number of guanidine groups is 1. The standard InChI is InChI=1S/C19H26N4O2S/c1-4-20-19(21-14-16-10-6-5-7-11-16)22-15-17-12-8-9-13-18(17)26(24,25)23(2)3/h5-13H,4,14-15H2,1-3H3,(H2,20,21,22). The summed E-state index contributed by atoms with van der Waals surface area (Å²) in [7, 11) is -0.425. The Morgan fingerprint density at radius 2 is 1.65 bits per heavy atom. The Morgan fingerprint density at radius 3 is 2.31 bits per heavy atom. The SMILES string of the molecule is CCNC(=NCc1ccccc1)NCc1ccccc1S(=O)(=O)N(C)C. The molecule has 0 saturated heterocycles. The largest absolute Gasteiger partial charge is 0.357 e. The highest BCUT2D eigenvalue weighted by atomic mass is 32.2. The van der Waals surface area contributed by atoms with Crippen molar-refractivity contribution >= 4 is 16.0 Å². The average Bonchev–Trinajstić information content (AvgIpc) is 2.65. The number of nitrogens with one attached hydrogen (secondary N) is 2. The molecule has 0 aromatic heterocycles. The molecule has 0 unspecified atom stereocenters. The van der Waals surface area contributed by atoms with Gasteiger partial charge >= 0.3 is 0 Å². The van der Waals surface area contributed by atoms with Crippen LogP contribution in [0.5, 0.6) is 0 Å². The molecule has 0 aliphatic carbocycles. The lowest BCUT2D eigenvalue weighted by Crippen LogP contribution is -2.37. The van der Waals surface area contributed by atoms with E-state index < -0.39 is 10.0 Å². The van der Waals surface area contributed by atoms with Crippen molar-refractivity contribution in [3.63, 3.8) is 0 Å². The molecule has 0 aliphatic heterocycles. The van der Waals surface area contributed by atoms with Gasteiger partial charge in [-0.25, -0.2) is 17.7 Å². The van der Waals surface area contributed by atoms with Crippen molar-refractivity contribution in [2.75, 3.05) is 20.6 Å². The normalized spacial score (nSPS) is 12.2. The molecule has 6 nitrogen and oxygen atoms in total. The van der Waals surface area contributed by atoms with Gasteiger partial charge in [0.2, 0.25) is 10.0 Å². The summed E-state index contributed by atoms with van der Waals surface area (Å²) in [6, 6.07) is 17.0. The number of aliphatic imine (C=N–C) groups is 1. The minimum Gasteiger partial charge on any atom is -0.357 e. The van der Waals surface area contributed by atoms with Crippen LogP contribution in [0.2, 0.25) is 0 Å². The Kier molecular flexibility index (Phi) is 7.17. The van der Waals surface area contributed by atoms with Crippen LogP contribution < -0.4 is 10.6 Å². The minimum atomic E-state index is -3.49. The molecule has 2 N–H and O–H groups in total. The quantitative estimate of drug-likeness (QED) is 0.576. The molecule has 0 spiro atoms. The molecule has 0 fully saturated rings. The smallest absolute Gasteiger partial charge is 0.242 e. The lowest BCUT2D eigenvalue weighted by atomic mass is 10.2. The van der Waals surface area contributed by atoms with Gasteiger partial charge in [0.1, 0.15) is 0 Å². The summed E-state index contributed by atoms with van der Waals surface area (Å²) >= 11 is 0. The van der Waals surface area contributed by atoms with Gasteiger partial charge in [-0.1, -0.05) is 48.5 Å². The fraction of sp³-hybridized carbons (Fsp3) is 0.316. The fourth-order valence-electron chi connectivity index (χ4n) is 2.37. The van der Waals surface area contributed by atoms with Crippen LogP contribution in [-0.4, -0.2) is 39.3 Å². The monoisotopic (exact) mass is 374 g/mol. The van der Waals surface area contributed by atoms with Crippen molar-refractivity contribution in [2.24, 2.45) is 4.99 Å². The van der Waals surface area contributed by atoms with E-state index in [0.29, 0.717) is 29.5 Å². The first-order valence-electron chi connectivity index (χ1n) is 8.51. The fourth-order valence-corrected chi connectivity index (χ4v) is 3.49. The molecular formula is C19H26N4O2S. The summed E-state index contributed by atoms with van der Waals surface area (Å²) < 4.78 is 26.2. The van der Waals surface area contributed by atoms with Crippen molar-refractivity contribution in [3.8, 4) is 0 Å². The Bertz CT molecular complexity index is 834. The molecule has 2 aromatic rings. The van der Waals surface area contributed by atoms with E-state index in [1.54, 1.807) is 12.1 Å². The van der Waals surface area contributed by atoms with Gasteiger partial charge in [-0.15, -0.1) is 0 Å². The first-order chi connectivity index (χ1) is 12.4. The highest BCUT2D eigenvalue weighted by molar-refractivity contribution is 7.89. The van der Waals surface area contributed by atoms with E-state index in [1.165, 1.54) is 18.4 Å². The van der Waals surface area contributed by atoms with Gasteiger partial charge in [-0.3, -0.25) is 0 Å². The Hall–Kier alpha value is -2.38. The van der Waals surface area contributed by atoms with E-state index in [9.17, 15) is 8.42 Å². The summed E-state index contributed by atoms with van der Waals surface area (Å²) in [5.74, 6) is 0.647. The predicted molar refractivity (Wildman–Crippen MR) is 105 cm³/mol. The molecule has 0 aliphatic rings. The van der Waals surface area contributed by atoms with E-state index in [4.69, 9.17) is 0 Å². The zero-order valence-electron chi connectivity index (χ0n) is 15.4. The van der Waals surface area contributed by atoms with Crippen molar-refractivity contribution in [3.05, 3.63) is 65.7 Å². The number of benzene rings is 2. The second-order valence-corrected chi connectivity index (χ2v) is 8.05. The highest BCUT2D eigenvalue weighted by Crippen LogP contribution is 2.18. The van der Waals surface area contributed by atoms with Crippen LogP contribution in [0, 0.1) is 0 Å². The van der Waals surface area contributed by atoms with Gasteiger partial charge in [-0.2, -0.15) is 0 Å². The molecule has 0 saturated carbocycles. The summed E-state index contributed by atoms with van der Waals surface area (Å²) in [6.07, 6.45) is 0. The van der Waals surface area contributed by atoms with Crippen LogP contribution in [0.1, 0.15) is 18.1 Å². The lowest BCUT2D eigenvalue weighted by molar-refractivity contribution is 0.519. The van der Waals surface area contributed by atoms with Crippen LogP contribution in [0.25, 0.3) is 0 Å². The van der Waals surface area contributed by atoms with Crippen molar-refractivity contribution in [1.82, 2.24) is 14.9 Å². The van der Waals surface area contributed by atoms with Gasteiger partial charge < -0.3 is 10.6 Å². The highest BCUT2D eigenvalue weighted by Gasteiger charge is 2.20. The first-order valence-corrected chi connectivity index (χ1v) is 9.95. The summed E-state index contributed by atoms with van der Waals surface area (Å²) in [5.41, 5.74) is 1.81. The lowest BCUT2D eigenvalue weighted by Gasteiger charge is -2.17. The summed E-state index contributed by atoms with van der Waals surface area (Å²) in [4.78, 5) is 4.86. The zero-order valence-corrected chi connectivity index (χ0v) is 16.3. The Labute approximate surface area is 156 Å². The summed E-state index contributed by atoms with van der Waals surface area (Å²) in [6.45, 7) is 3.63. The number of rotatable bonds is 7. The summed E-state index contributed by atoms with van der Waals surface area (Å²) in [5, 5.41) is 6.40. The van der Waals surface area contributed by atoms with Crippen LogP contribution in [0.3, 0.4) is 0 Å². The van der Waals surface area contributed by atoms with Gasteiger partial charge in [0.05, 0.1) is 11.4 Å². The van der Waals surface area contributed by atoms with Crippen LogP contribution in [-0.2, 0) is 23.1 Å². The van der Waals surface area contributed by atoms with Gasteiger partial charge in [0.25, 0.3) is 0 Å². The number of hydrogen-bond donors (Lipinski definition) is 2. The molecule has 0 heterocycles. The maximum atomic E-state index is 12.5. The van der Waals surface area contributed by atoms with Crippen molar-refractivity contribution in [2.45, 2.75) is 24.9 Å². The molecule has 2 rings (SSSR count). The van der Waals surface area contributed by atoms with Crippen LogP contribution >= 0.6 is 0 Å². The molecule has 7 heteroatoms. The van der Waals surface area contributed by atoms with Crippen molar-refractivity contribution in [1.29, 1.82) is 0 Å². The Balaban J connectivity index is 2.15. The third-order valence-electron chi connectivity index (χ3n) is 3.78. The topological polar surface area (TPSA) is 73.8 Å². The van der Waals surface area contributed by atoms with Crippen LogP contribution in [0.15, 0.2) is 64.5 Å². The third kappa shape index (κ3) is 5.31. The van der Waals surface area contributed by atoms with E-state index >= 15 is 0 Å². The Morgan fingerprint density at radius 1 is 1.00 bits per heavy atom. The molecule has 2 aromatic carbocycles. The maximum Gasteiger partial charge on any atom is 0.242 e. The molecule has 0 atom stereocenters. The molecule has 140 valence electrons. The number of nitrogens with zero attached hydrogens (tertiary/aromatic N) is 2. The number of hydrogen-bond acceptors (Lipinski definition) is 3. The molecular weight excluding hydrogens is 348 g/mol. The molecule has 26 heavy (non-hydrogen) atoms. The van der Waals surface area contributed by atoms with Gasteiger partial charge in [-0.05, 0) is 24.1 Å². The second-order valence-electron chi connectivity index (χ2n) is 5.93. The van der Waals surface area contributed by atoms with Gasteiger partial charge in [0, 0.05) is 27.2 Å². The predicted octanol–water partition coefficient (Wildman–Crippen LogP) is 2.19. The van der Waals surface area contributed by atoms with Crippen molar-refractivity contribution < 1.29 is 8.42 Å². The minimum absolute atomic E-state index is 0.302. The average molecular weight is 375 g/mol. The molecule has 0 amide bonds. The first kappa shape index (κ1) is 19.9. The van der Waals surface area contributed by atoms with E-state index in [0.717, 1.165) is 12.1 Å². The maximum absolute atomic E-state index is 12.5. The van der Waals surface area contributed by atoms with Gasteiger partial charge in [0.15, 0.2) is 5.96 Å². The molecule has 0 bridgehead atoms. The zero-order chi connectivity index (χ0) is 19.0. The van der Waals surface area contributed by atoms with E-state index in [-0.39, 0.29) is 0 Å². The molecule has 0 radical (unpaired) electrons. The van der Waals surface area contributed by atoms with E-state index in [2.05, 4.69) is 15.6 Å².